The third-order valence-corrected chi connectivity index (χ3v) is 1.71. The Bertz CT molecular complexity index is 217. The minimum absolute atomic E-state index is 0.0738. The van der Waals surface area contributed by atoms with Crippen molar-refractivity contribution in [3.63, 3.8) is 0 Å². The van der Waals surface area contributed by atoms with E-state index in [9.17, 15) is 4.79 Å². The molecular weight excluding hydrogens is 176 g/mol. The highest BCUT2D eigenvalue weighted by Crippen LogP contribution is 2.08. The van der Waals surface area contributed by atoms with Crippen molar-refractivity contribution >= 4 is 17.6 Å². The van der Waals surface area contributed by atoms with E-state index < -0.39 is 5.97 Å². The highest BCUT2D eigenvalue weighted by Gasteiger charge is 1.96. The molecule has 0 atom stereocenters. The number of carboxylic acid groups (broad SMARTS) is 1. The minimum Gasteiger partial charge on any atom is -0.481 e. The molecule has 0 unspecified atom stereocenters. The van der Waals surface area contributed by atoms with Crippen molar-refractivity contribution < 1.29 is 9.90 Å². The van der Waals surface area contributed by atoms with Crippen LogP contribution in [0.5, 0.6) is 0 Å². The number of hydrogen-bond donors (Lipinski definition) is 1. The van der Waals surface area contributed by atoms with Crippen molar-refractivity contribution in [2.75, 3.05) is 0 Å². The monoisotopic (exact) mass is 188 g/mol. The van der Waals surface area contributed by atoms with Gasteiger partial charge in [0.05, 0.1) is 6.42 Å². The van der Waals surface area contributed by atoms with E-state index >= 15 is 0 Å². The normalized spacial score (nSPS) is 13.2. The lowest BCUT2D eigenvalue weighted by molar-refractivity contribution is -0.136. The molecule has 0 rings (SSSR count). The first-order valence-electron chi connectivity index (χ1n) is 3.80. The lowest BCUT2D eigenvalue weighted by atomic mass is 10.2. The lowest BCUT2D eigenvalue weighted by Gasteiger charge is -1.93. The molecule has 0 aromatic heterocycles. The van der Waals surface area contributed by atoms with Gasteiger partial charge >= 0.3 is 5.97 Å². The third-order valence-electron chi connectivity index (χ3n) is 1.32. The van der Waals surface area contributed by atoms with E-state index in [1.807, 2.05) is 6.92 Å². The van der Waals surface area contributed by atoms with Crippen molar-refractivity contribution in [3.05, 3.63) is 22.8 Å². The van der Waals surface area contributed by atoms with Crippen LogP contribution in [0.25, 0.3) is 0 Å². The SMILES string of the molecule is CC/C(Cl)=C\C=C(/C)CC(=O)O. The van der Waals surface area contributed by atoms with Crippen molar-refractivity contribution in [1.82, 2.24) is 0 Å². The van der Waals surface area contributed by atoms with Crippen LogP contribution in [0, 0.1) is 0 Å². The second kappa shape index (κ2) is 5.84. The summed E-state index contributed by atoms with van der Waals surface area (Å²) in [4.78, 5) is 10.2. The van der Waals surface area contributed by atoms with Crippen LogP contribution in [0.4, 0.5) is 0 Å². The molecule has 2 nitrogen and oxygen atoms in total. The number of hydrogen-bond acceptors (Lipinski definition) is 1. The largest absolute Gasteiger partial charge is 0.481 e. The molecule has 0 aliphatic heterocycles. The van der Waals surface area contributed by atoms with Gasteiger partial charge in [-0.25, -0.2) is 0 Å². The van der Waals surface area contributed by atoms with Crippen LogP contribution in [-0.2, 0) is 4.79 Å². The second-order valence-corrected chi connectivity index (χ2v) is 3.04. The summed E-state index contributed by atoms with van der Waals surface area (Å²) in [5.74, 6) is -0.815. The first-order valence-corrected chi connectivity index (χ1v) is 4.17. The van der Waals surface area contributed by atoms with Gasteiger partial charge in [0, 0.05) is 5.03 Å². The quantitative estimate of drug-likeness (QED) is 0.689. The molecule has 12 heavy (non-hydrogen) atoms. The van der Waals surface area contributed by atoms with Crippen LogP contribution < -0.4 is 0 Å². The molecule has 0 aromatic carbocycles. The lowest BCUT2D eigenvalue weighted by Crippen LogP contribution is -1.94. The Morgan fingerprint density at radius 3 is 2.50 bits per heavy atom. The van der Waals surface area contributed by atoms with Crippen LogP contribution in [0.2, 0.25) is 0 Å². The molecule has 0 aliphatic rings. The number of rotatable bonds is 4. The second-order valence-electron chi connectivity index (χ2n) is 2.55. The third kappa shape index (κ3) is 5.98. The fourth-order valence-corrected chi connectivity index (χ4v) is 0.711. The fraction of sp³-hybridized carbons (Fsp3) is 0.444. The van der Waals surface area contributed by atoms with Gasteiger partial charge in [0.1, 0.15) is 0 Å². The maximum atomic E-state index is 10.2. The Hall–Kier alpha value is -0.760. The first kappa shape index (κ1) is 11.2. The molecule has 68 valence electrons. The molecule has 0 aromatic rings. The van der Waals surface area contributed by atoms with Crippen molar-refractivity contribution in [2.24, 2.45) is 0 Å². The van der Waals surface area contributed by atoms with E-state index in [1.165, 1.54) is 0 Å². The zero-order valence-corrected chi connectivity index (χ0v) is 8.06. The molecule has 0 bridgehead atoms. The van der Waals surface area contributed by atoms with E-state index in [2.05, 4.69) is 0 Å². The maximum Gasteiger partial charge on any atom is 0.307 e. The predicted molar refractivity (Wildman–Crippen MR) is 50.2 cm³/mol. The van der Waals surface area contributed by atoms with Gasteiger partial charge in [-0.2, -0.15) is 0 Å². The van der Waals surface area contributed by atoms with Crippen molar-refractivity contribution in [2.45, 2.75) is 26.7 Å². The number of halogens is 1. The zero-order chi connectivity index (χ0) is 9.56. The number of carboxylic acids is 1. The molecule has 0 saturated carbocycles. The van der Waals surface area contributed by atoms with E-state index in [4.69, 9.17) is 16.7 Å². The molecule has 0 heterocycles. The standard InChI is InChI=1S/C9H13ClO2/c1-3-8(10)5-4-7(2)6-9(11)12/h4-5H,3,6H2,1-2H3,(H,11,12)/b7-4+,8-5+. The predicted octanol–water partition coefficient (Wildman–Crippen LogP) is 2.94. The average molecular weight is 189 g/mol. The van der Waals surface area contributed by atoms with Crippen LogP contribution in [0.3, 0.4) is 0 Å². The summed E-state index contributed by atoms with van der Waals surface area (Å²) in [5.41, 5.74) is 0.800. The van der Waals surface area contributed by atoms with Gasteiger partial charge in [0.25, 0.3) is 0 Å². The Balaban J connectivity index is 4.08. The number of carbonyl (C=O) groups is 1. The smallest absolute Gasteiger partial charge is 0.307 e. The molecule has 0 radical (unpaired) electrons. The van der Waals surface area contributed by atoms with Gasteiger partial charge in [-0.1, -0.05) is 30.2 Å². The van der Waals surface area contributed by atoms with Gasteiger partial charge in [-0.3, -0.25) is 4.79 Å². The first-order chi connectivity index (χ1) is 5.56. The molecule has 0 fully saturated rings. The summed E-state index contributed by atoms with van der Waals surface area (Å²) >= 11 is 5.71. The van der Waals surface area contributed by atoms with E-state index in [0.29, 0.717) is 0 Å². The Kier molecular flexibility index (Phi) is 5.47. The van der Waals surface area contributed by atoms with Gasteiger partial charge in [0.2, 0.25) is 0 Å². The van der Waals surface area contributed by atoms with E-state index in [-0.39, 0.29) is 6.42 Å². The summed E-state index contributed by atoms with van der Waals surface area (Å²) in [6.45, 7) is 3.71. The van der Waals surface area contributed by atoms with Gasteiger partial charge < -0.3 is 5.11 Å². The summed E-state index contributed by atoms with van der Waals surface area (Å²) in [5, 5.41) is 9.15. The Morgan fingerprint density at radius 1 is 1.50 bits per heavy atom. The van der Waals surface area contributed by atoms with Gasteiger partial charge in [0.15, 0.2) is 0 Å². The molecule has 0 spiro atoms. The summed E-state index contributed by atoms with van der Waals surface area (Å²) in [7, 11) is 0. The Morgan fingerprint density at radius 2 is 2.08 bits per heavy atom. The van der Waals surface area contributed by atoms with Crippen LogP contribution >= 0.6 is 11.6 Å². The highest BCUT2D eigenvalue weighted by molar-refractivity contribution is 6.29. The molecule has 1 N–H and O–H groups in total. The zero-order valence-electron chi connectivity index (χ0n) is 7.30. The van der Waals surface area contributed by atoms with Crippen LogP contribution in [0.1, 0.15) is 26.7 Å². The topological polar surface area (TPSA) is 37.3 Å². The molecule has 0 saturated heterocycles. The average Bonchev–Trinajstić information content (AvgIpc) is 1.99. The molecule has 3 heteroatoms. The van der Waals surface area contributed by atoms with E-state index in [1.54, 1.807) is 19.1 Å². The number of aliphatic carboxylic acids is 1. The highest BCUT2D eigenvalue weighted by atomic mass is 35.5. The summed E-state index contributed by atoms with van der Waals surface area (Å²) in [6.07, 6.45) is 4.32. The van der Waals surface area contributed by atoms with Crippen LogP contribution in [0.15, 0.2) is 22.8 Å². The number of allylic oxidation sites excluding steroid dienone is 3. The van der Waals surface area contributed by atoms with Crippen molar-refractivity contribution in [1.29, 1.82) is 0 Å². The summed E-state index contributed by atoms with van der Waals surface area (Å²) < 4.78 is 0. The van der Waals surface area contributed by atoms with E-state index in [0.717, 1.165) is 17.0 Å². The Labute approximate surface area is 77.5 Å². The minimum atomic E-state index is -0.815. The molecular formula is C9H13ClO2. The molecule has 0 amide bonds. The molecule has 0 aliphatic carbocycles. The fourth-order valence-electron chi connectivity index (χ4n) is 0.648. The van der Waals surface area contributed by atoms with Gasteiger partial charge in [-0.05, 0) is 19.4 Å². The summed E-state index contributed by atoms with van der Waals surface area (Å²) in [6, 6.07) is 0. The van der Waals surface area contributed by atoms with Gasteiger partial charge in [-0.15, -0.1) is 0 Å². The van der Waals surface area contributed by atoms with Crippen molar-refractivity contribution in [3.8, 4) is 0 Å². The van der Waals surface area contributed by atoms with Crippen LogP contribution in [-0.4, -0.2) is 11.1 Å². The maximum absolute atomic E-state index is 10.2.